The van der Waals surface area contributed by atoms with E-state index in [1.165, 1.54) is 19.0 Å². The highest BCUT2D eigenvalue weighted by molar-refractivity contribution is 6.03. The summed E-state index contributed by atoms with van der Waals surface area (Å²) in [7, 11) is 0. The number of nitrogens with one attached hydrogen (secondary N) is 1. The molecule has 1 saturated carbocycles. The van der Waals surface area contributed by atoms with Crippen LogP contribution in [-0.2, 0) is 0 Å². The minimum Gasteiger partial charge on any atom is -0.319 e. The molecule has 3 rings (SSSR count). The minimum atomic E-state index is -0.193. The van der Waals surface area contributed by atoms with Gasteiger partial charge in [-0.05, 0) is 38.7 Å². The number of rotatable bonds is 4. The molecule has 1 aliphatic rings. The van der Waals surface area contributed by atoms with E-state index in [9.17, 15) is 4.79 Å². The van der Waals surface area contributed by atoms with E-state index >= 15 is 0 Å². The molecule has 0 aliphatic heterocycles. The highest BCUT2D eigenvalue weighted by atomic mass is 16.1. The molecular formula is C14H17N5O. The quantitative estimate of drug-likeness (QED) is 0.925. The van der Waals surface area contributed by atoms with E-state index in [4.69, 9.17) is 0 Å². The number of hydrogen-bond acceptors (Lipinski definition) is 4. The van der Waals surface area contributed by atoms with Crippen LogP contribution in [0.4, 0.5) is 5.69 Å². The van der Waals surface area contributed by atoms with Crippen LogP contribution < -0.4 is 5.32 Å². The molecule has 2 aromatic heterocycles. The lowest BCUT2D eigenvalue weighted by atomic mass is 10.2. The third-order valence-corrected chi connectivity index (χ3v) is 3.62. The molecule has 0 aromatic carbocycles. The Kier molecular flexibility index (Phi) is 3.22. The van der Waals surface area contributed by atoms with E-state index in [0.717, 1.165) is 11.6 Å². The van der Waals surface area contributed by atoms with Crippen LogP contribution in [0.2, 0.25) is 0 Å². The standard InChI is InChI=1S/C14H17N5O/c1-9-5-12(6-15-18-9)14(20)17-13-7-16-19(8-13)10(2)11-3-4-11/h5-8,10-11H,3-4H2,1-2H3,(H,17,20). The fourth-order valence-electron chi connectivity index (χ4n) is 2.22. The maximum atomic E-state index is 12.1. The van der Waals surface area contributed by atoms with Gasteiger partial charge in [0, 0.05) is 6.20 Å². The summed E-state index contributed by atoms with van der Waals surface area (Å²) in [5, 5.41) is 14.8. The van der Waals surface area contributed by atoms with Crippen LogP contribution in [0.25, 0.3) is 0 Å². The second-order valence-electron chi connectivity index (χ2n) is 5.33. The van der Waals surface area contributed by atoms with Crippen molar-refractivity contribution in [2.24, 2.45) is 5.92 Å². The van der Waals surface area contributed by atoms with Gasteiger partial charge in [0.2, 0.25) is 0 Å². The van der Waals surface area contributed by atoms with Crippen molar-refractivity contribution in [2.75, 3.05) is 5.32 Å². The number of aromatic nitrogens is 4. The van der Waals surface area contributed by atoms with Crippen LogP contribution in [0.1, 0.15) is 41.9 Å². The Balaban J connectivity index is 1.69. The zero-order chi connectivity index (χ0) is 14.1. The third kappa shape index (κ3) is 2.68. The fourth-order valence-corrected chi connectivity index (χ4v) is 2.22. The smallest absolute Gasteiger partial charge is 0.257 e. The van der Waals surface area contributed by atoms with Gasteiger partial charge in [-0.1, -0.05) is 0 Å². The number of amides is 1. The summed E-state index contributed by atoms with van der Waals surface area (Å²) in [6.45, 7) is 3.96. The van der Waals surface area contributed by atoms with Gasteiger partial charge >= 0.3 is 0 Å². The van der Waals surface area contributed by atoms with Gasteiger partial charge in [0.1, 0.15) is 0 Å². The topological polar surface area (TPSA) is 72.7 Å². The van der Waals surface area contributed by atoms with Crippen molar-refractivity contribution in [3.63, 3.8) is 0 Å². The van der Waals surface area contributed by atoms with Gasteiger partial charge in [0.25, 0.3) is 5.91 Å². The van der Waals surface area contributed by atoms with Gasteiger partial charge in [-0.2, -0.15) is 15.3 Å². The van der Waals surface area contributed by atoms with Crippen molar-refractivity contribution in [3.8, 4) is 0 Å². The lowest BCUT2D eigenvalue weighted by molar-refractivity contribution is 0.102. The van der Waals surface area contributed by atoms with Crippen LogP contribution >= 0.6 is 0 Å². The van der Waals surface area contributed by atoms with Crippen LogP contribution in [0.15, 0.2) is 24.7 Å². The lowest BCUT2D eigenvalue weighted by Gasteiger charge is -2.09. The summed E-state index contributed by atoms with van der Waals surface area (Å²) in [4.78, 5) is 12.1. The SMILES string of the molecule is Cc1cc(C(=O)Nc2cnn(C(C)C3CC3)c2)cnn1. The van der Waals surface area contributed by atoms with Crippen molar-refractivity contribution >= 4 is 11.6 Å². The van der Waals surface area contributed by atoms with E-state index in [2.05, 4.69) is 27.5 Å². The zero-order valence-corrected chi connectivity index (χ0v) is 11.6. The maximum absolute atomic E-state index is 12.1. The molecule has 104 valence electrons. The predicted molar refractivity (Wildman–Crippen MR) is 74.4 cm³/mol. The molecule has 2 heterocycles. The first-order valence-electron chi connectivity index (χ1n) is 6.78. The highest BCUT2D eigenvalue weighted by Crippen LogP contribution is 2.39. The molecule has 1 N–H and O–H groups in total. The molecule has 0 bridgehead atoms. The fraction of sp³-hybridized carbons (Fsp3) is 0.429. The number of aryl methyl sites for hydroxylation is 1. The molecule has 1 fully saturated rings. The molecule has 2 aromatic rings. The second-order valence-corrected chi connectivity index (χ2v) is 5.33. The van der Waals surface area contributed by atoms with Crippen molar-refractivity contribution in [2.45, 2.75) is 32.7 Å². The molecule has 0 radical (unpaired) electrons. The minimum absolute atomic E-state index is 0.193. The third-order valence-electron chi connectivity index (χ3n) is 3.62. The van der Waals surface area contributed by atoms with Gasteiger partial charge in [0.15, 0.2) is 0 Å². The molecular weight excluding hydrogens is 254 g/mol. The largest absolute Gasteiger partial charge is 0.319 e. The first-order chi connectivity index (χ1) is 9.63. The number of carbonyl (C=O) groups excluding carboxylic acids is 1. The summed E-state index contributed by atoms with van der Waals surface area (Å²) in [5.41, 5.74) is 1.92. The van der Waals surface area contributed by atoms with Crippen molar-refractivity contribution in [1.82, 2.24) is 20.0 Å². The maximum Gasteiger partial charge on any atom is 0.257 e. The van der Waals surface area contributed by atoms with Gasteiger partial charge < -0.3 is 5.32 Å². The Morgan fingerprint density at radius 3 is 2.95 bits per heavy atom. The summed E-state index contributed by atoms with van der Waals surface area (Å²) in [6, 6.07) is 2.10. The summed E-state index contributed by atoms with van der Waals surface area (Å²) in [6.07, 6.45) is 7.55. The average molecular weight is 271 g/mol. The Labute approximate surface area is 117 Å². The van der Waals surface area contributed by atoms with Gasteiger partial charge in [-0.3, -0.25) is 9.48 Å². The Hall–Kier alpha value is -2.24. The van der Waals surface area contributed by atoms with Gasteiger partial charge in [0.05, 0.1) is 35.4 Å². The van der Waals surface area contributed by atoms with Gasteiger partial charge in [-0.25, -0.2) is 0 Å². The molecule has 1 amide bonds. The number of anilines is 1. The molecule has 0 spiro atoms. The van der Waals surface area contributed by atoms with Gasteiger partial charge in [-0.15, -0.1) is 0 Å². The van der Waals surface area contributed by atoms with Crippen LogP contribution in [0, 0.1) is 12.8 Å². The Morgan fingerprint density at radius 1 is 1.45 bits per heavy atom. The summed E-state index contributed by atoms with van der Waals surface area (Å²) in [5.74, 6) is 0.534. The number of carbonyl (C=O) groups is 1. The molecule has 1 aliphatic carbocycles. The van der Waals surface area contributed by atoms with Crippen molar-refractivity contribution in [3.05, 3.63) is 35.9 Å². The van der Waals surface area contributed by atoms with Crippen LogP contribution in [0.3, 0.4) is 0 Å². The first kappa shape index (κ1) is 12.8. The molecule has 20 heavy (non-hydrogen) atoms. The first-order valence-corrected chi connectivity index (χ1v) is 6.78. The molecule has 6 nitrogen and oxygen atoms in total. The normalized spacial score (nSPS) is 15.9. The molecule has 1 atom stereocenters. The lowest BCUT2D eigenvalue weighted by Crippen LogP contribution is -2.12. The summed E-state index contributed by atoms with van der Waals surface area (Å²) < 4.78 is 1.92. The molecule has 0 saturated heterocycles. The van der Waals surface area contributed by atoms with Crippen molar-refractivity contribution in [1.29, 1.82) is 0 Å². The van der Waals surface area contributed by atoms with E-state index in [-0.39, 0.29) is 5.91 Å². The summed E-state index contributed by atoms with van der Waals surface area (Å²) >= 11 is 0. The van der Waals surface area contributed by atoms with E-state index in [0.29, 0.717) is 17.3 Å². The Bertz CT molecular complexity index is 632. The molecule has 6 heteroatoms. The van der Waals surface area contributed by atoms with E-state index in [1.54, 1.807) is 19.2 Å². The predicted octanol–water partition coefficient (Wildman–Crippen LogP) is 2.20. The zero-order valence-electron chi connectivity index (χ0n) is 11.6. The van der Waals surface area contributed by atoms with E-state index < -0.39 is 0 Å². The number of nitrogens with zero attached hydrogens (tertiary/aromatic N) is 4. The monoisotopic (exact) mass is 271 g/mol. The molecule has 1 unspecified atom stereocenters. The highest BCUT2D eigenvalue weighted by Gasteiger charge is 2.29. The Morgan fingerprint density at radius 2 is 2.25 bits per heavy atom. The van der Waals surface area contributed by atoms with Crippen LogP contribution in [0.5, 0.6) is 0 Å². The van der Waals surface area contributed by atoms with Crippen molar-refractivity contribution < 1.29 is 4.79 Å². The number of hydrogen-bond donors (Lipinski definition) is 1. The average Bonchev–Trinajstić information content (AvgIpc) is 3.18. The van der Waals surface area contributed by atoms with Crippen LogP contribution in [-0.4, -0.2) is 25.9 Å². The van der Waals surface area contributed by atoms with E-state index in [1.807, 2.05) is 10.9 Å². The second kappa shape index (κ2) is 5.03.